The van der Waals surface area contributed by atoms with Crippen molar-refractivity contribution in [3.63, 3.8) is 0 Å². The summed E-state index contributed by atoms with van der Waals surface area (Å²) in [5, 5.41) is 12.2. The van der Waals surface area contributed by atoms with Gasteiger partial charge >= 0.3 is 0 Å². The van der Waals surface area contributed by atoms with Gasteiger partial charge in [-0.25, -0.2) is 9.97 Å². The van der Waals surface area contributed by atoms with E-state index in [4.69, 9.17) is 5.11 Å². The number of nitrogens with zero attached hydrogens (tertiary/aromatic N) is 3. The fourth-order valence-electron chi connectivity index (χ4n) is 1.53. The molecule has 2 heterocycles. The maximum Gasteiger partial charge on any atom is 0.156 e. The largest absolute Gasteiger partial charge is 0.388 e. The fraction of sp³-hybridized carbons (Fsp3) is 0.556. The molecule has 0 amide bonds. The second kappa shape index (κ2) is 4.34. The third kappa shape index (κ3) is 2.00. The first-order valence-electron chi connectivity index (χ1n) is 4.78. The van der Waals surface area contributed by atoms with E-state index in [0.29, 0.717) is 5.82 Å². The van der Waals surface area contributed by atoms with Crippen LogP contribution in [0, 0.1) is 0 Å². The Bertz CT molecular complexity index is 299. The van der Waals surface area contributed by atoms with E-state index in [2.05, 4.69) is 20.2 Å². The van der Waals surface area contributed by atoms with Gasteiger partial charge in [0, 0.05) is 32.4 Å². The molecule has 1 aromatic rings. The van der Waals surface area contributed by atoms with E-state index in [9.17, 15) is 0 Å². The van der Waals surface area contributed by atoms with E-state index in [1.807, 2.05) is 6.07 Å². The summed E-state index contributed by atoms with van der Waals surface area (Å²) >= 11 is 0. The molecular weight excluding hydrogens is 180 g/mol. The Labute approximate surface area is 82.8 Å². The molecule has 1 aliphatic rings. The van der Waals surface area contributed by atoms with Gasteiger partial charge in [0.2, 0.25) is 0 Å². The molecule has 0 bridgehead atoms. The lowest BCUT2D eigenvalue weighted by Crippen LogP contribution is -2.44. The molecule has 1 saturated heterocycles. The van der Waals surface area contributed by atoms with Crippen molar-refractivity contribution in [1.29, 1.82) is 0 Å². The van der Waals surface area contributed by atoms with Gasteiger partial charge in [-0.1, -0.05) is 0 Å². The van der Waals surface area contributed by atoms with Gasteiger partial charge in [0.05, 0.1) is 0 Å². The SMILES string of the molecule is OCc1nccc(N2CCNCC2)n1. The average molecular weight is 194 g/mol. The summed E-state index contributed by atoms with van der Waals surface area (Å²) in [6.45, 7) is 3.79. The molecule has 0 aromatic carbocycles. The first-order chi connectivity index (χ1) is 6.90. The number of aliphatic hydroxyl groups is 1. The molecule has 1 aliphatic heterocycles. The van der Waals surface area contributed by atoms with Crippen molar-refractivity contribution >= 4 is 5.82 Å². The summed E-state index contributed by atoms with van der Waals surface area (Å²) in [5.74, 6) is 1.39. The highest BCUT2D eigenvalue weighted by molar-refractivity contribution is 5.37. The molecule has 1 fully saturated rings. The highest BCUT2D eigenvalue weighted by Crippen LogP contribution is 2.10. The smallest absolute Gasteiger partial charge is 0.156 e. The molecule has 2 N–H and O–H groups in total. The number of aliphatic hydroxyl groups excluding tert-OH is 1. The van der Waals surface area contributed by atoms with E-state index in [0.717, 1.165) is 32.0 Å². The van der Waals surface area contributed by atoms with Crippen LogP contribution < -0.4 is 10.2 Å². The quantitative estimate of drug-likeness (QED) is 0.657. The van der Waals surface area contributed by atoms with Gasteiger partial charge in [0.25, 0.3) is 0 Å². The fourth-order valence-corrected chi connectivity index (χ4v) is 1.53. The lowest BCUT2D eigenvalue weighted by Gasteiger charge is -2.28. The minimum Gasteiger partial charge on any atom is -0.388 e. The zero-order chi connectivity index (χ0) is 9.80. The summed E-state index contributed by atoms with van der Waals surface area (Å²) in [4.78, 5) is 10.4. The summed E-state index contributed by atoms with van der Waals surface area (Å²) in [6, 6.07) is 1.88. The molecule has 0 aliphatic carbocycles. The molecule has 0 atom stereocenters. The van der Waals surface area contributed by atoms with Crippen LogP contribution in [0.15, 0.2) is 12.3 Å². The van der Waals surface area contributed by atoms with Crippen molar-refractivity contribution in [2.75, 3.05) is 31.1 Å². The standard InChI is InChI=1S/C9H14N4O/c14-7-8-11-2-1-9(12-8)13-5-3-10-4-6-13/h1-2,10,14H,3-7H2. The molecule has 14 heavy (non-hydrogen) atoms. The number of piperazine rings is 1. The van der Waals surface area contributed by atoms with Crippen molar-refractivity contribution < 1.29 is 5.11 Å². The molecule has 1 aromatic heterocycles. The number of rotatable bonds is 2. The maximum absolute atomic E-state index is 8.90. The number of nitrogens with one attached hydrogen (secondary N) is 1. The lowest BCUT2D eigenvalue weighted by molar-refractivity contribution is 0.271. The predicted molar refractivity (Wildman–Crippen MR) is 53.0 cm³/mol. The zero-order valence-corrected chi connectivity index (χ0v) is 7.98. The van der Waals surface area contributed by atoms with Crippen LogP contribution >= 0.6 is 0 Å². The van der Waals surface area contributed by atoms with Crippen molar-refractivity contribution in [1.82, 2.24) is 15.3 Å². The molecule has 0 saturated carbocycles. The monoisotopic (exact) mass is 194 g/mol. The van der Waals surface area contributed by atoms with Crippen molar-refractivity contribution in [2.24, 2.45) is 0 Å². The predicted octanol–water partition coefficient (Wildman–Crippen LogP) is -0.621. The van der Waals surface area contributed by atoms with Gasteiger partial charge < -0.3 is 15.3 Å². The zero-order valence-electron chi connectivity index (χ0n) is 7.98. The second-order valence-corrected chi connectivity index (χ2v) is 3.23. The van der Waals surface area contributed by atoms with Gasteiger partial charge in [0.1, 0.15) is 12.4 Å². The topological polar surface area (TPSA) is 61.3 Å². The minimum atomic E-state index is -0.0973. The average Bonchev–Trinajstić information content (AvgIpc) is 2.30. The normalized spacial score (nSPS) is 17.1. The summed E-state index contributed by atoms with van der Waals surface area (Å²) in [5.41, 5.74) is 0. The number of aromatic nitrogens is 2. The lowest BCUT2D eigenvalue weighted by atomic mass is 10.3. The van der Waals surface area contributed by atoms with Crippen LogP contribution in [0.3, 0.4) is 0 Å². The summed E-state index contributed by atoms with van der Waals surface area (Å²) in [7, 11) is 0. The Hall–Kier alpha value is -1.20. The molecule has 0 radical (unpaired) electrons. The highest BCUT2D eigenvalue weighted by Gasteiger charge is 2.11. The number of hydrogen-bond donors (Lipinski definition) is 2. The van der Waals surface area contributed by atoms with Crippen molar-refractivity contribution in [3.05, 3.63) is 18.1 Å². The Balaban J connectivity index is 2.13. The molecule has 2 rings (SSSR count). The van der Waals surface area contributed by atoms with Crippen LogP contribution in [0.25, 0.3) is 0 Å². The first kappa shape index (κ1) is 9.36. The Morgan fingerprint density at radius 1 is 1.43 bits per heavy atom. The van der Waals surface area contributed by atoms with Gasteiger partial charge in [0.15, 0.2) is 5.82 Å². The molecule has 76 valence electrons. The van der Waals surface area contributed by atoms with Crippen LogP contribution in [0.5, 0.6) is 0 Å². The molecule has 0 spiro atoms. The summed E-state index contributed by atoms with van der Waals surface area (Å²) in [6.07, 6.45) is 1.69. The van der Waals surface area contributed by atoms with Gasteiger partial charge in [-0.3, -0.25) is 0 Å². The van der Waals surface area contributed by atoms with Gasteiger partial charge in [-0.15, -0.1) is 0 Å². The van der Waals surface area contributed by atoms with Crippen molar-refractivity contribution in [3.8, 4) is 0 Å². The van der Waals surface area contributed by atoms with Crippen LogP contribution in [0.4, 0.5) is 5.82 Å². The van der Waals surface area contributed by atoms with Crippen molar-refractivity contribution in [2.45, 2.75) is 6.61 Å². The minimum absolute atomic E-state index is 0.0973. The Morgan fingerprint density at radius 3 is 2.93 bits per heavy atom. The van der Waals surface area contributed by atoms with E-state index in [1.165, 1.54) is 0 Å². The van der Waals surface area contributed by atoms with E-state index < -0.39 is 0 Å². The second-order valence-electron chi connectivity index (χ2n) is 3.23. The Morgan fingerprint density at radius 2 is 2.21 bits per heavy atom. The van der Waals surface area contributed by atoms with Crippen LogP contribution in [-0.4, -0.2) is 41.3 Å². The highest BCUT2D eigenvalue weighted by atomic mass is 16.3. The maximum atomic E-state index is 8.90. The van der Waals surface area contributed by atoms with Gasteiger partial charge in [-0.05, 0) is 6.07 Å². The number of anilines is 1. The third-order valence-electron chi connectivity index (χ3n) is 2.27. The van der Waals surface area contributed by atoms with E-state index >= 15 is 0 Å². The molecule has 5 heteroatoms. The third-order valence-corrected chi connectivity index (χ3v) is 2.27. The van der Waals surface area contributed by atoms with Gasteiger partial charge in [-0.2, -0.15) is 0 Å². The van der Waals surface area contributed by atoms with Crippen LogP contribution in [-0.2, 0) is 6.61 Å². The van der Waals surface area contributed by atoms with E-state index in [-0.39, 0.29) is 6.61 Å². The van der Waals surface area contributed by atoms with Crippen LogP contribution in [0.2, 0.25) is 0 Å². The first-order valence-corrected chi connectivity index (χ1v) is 4.78. The summed E-state index contributed by atoms with van der Waals surface area (Å²) < 4.78 is 0. The molecular formula is C9H14N4O. The molecule has 0 unspecified atom stereocenters. The van der Waals surface area contributed by atoms with E-state index in [1.54, 1.807) is 6.20 Å². The Kier molecular flexibility index (Phi) is 2.90. The molecule has 5 nitrogen and oxygen atoms in total. The number of hydrogen-bond acceptors (Lipinski definition) is 5. The van der Waals surface area contributed by atoms with Crippen LogP contribution in [0.1, 0.15) is 5.82 Å².